The van der Waals surface area contributed by atoms with E-state index >= 15 is 0 Å². The summed E-state index contributed by atoms with van der Waals surface area (Å²) in [6.07, 6.45) is 0. The van der Waals surface area contributed by atoms with Gasteiger partial charge in [0.2, 0.25) is 0 Å². The molecule has 0 saturated carbocycles. The highest BCUT2D eigenvalue weighted by Crippen LogP contribution is 2.33. The van der Waals surface area contributed by atoms with E-state index in [4.69, 9.17) is 0 Å². The van der Waals surface area contributed by atoms with Crippen molar-refractivity contribution in [2.24, 2.45) is 0 Å². The molecule has 0 saturated heterocycles. The van der Waals surface area contributed by atoms with E-state index in [1.807, 2.05) is 35.7 Å². The Morgan fingerprint density at radius 3 is 2.61 bits per heavy atom. The quantitative estimate of drug-likeness (QED) is 0.814. The van der Waals surface area contributed by atoms with Crippen LogP contribution in [0.2, 0.25) is 0 Å². The molecule has 0 N–H and O–H groups in total. The van der Waals surface area contributed by atoms with Crippen LogP contribution >= 0.6 is 27.3 Å². The lowest BCUT2D eigenvalue weighted by atomic mass is 10.1. The van der Waals surface area contributed by atoms with Gasteiger partial charge in [0.1, 0.15) is 0 Å². The highest BCUT2D eigenvalue weighted by atomic mass is 79.9. The molecule has 0 bridgehead atoms. The lowest BCUT2D eigenvalue weighted by Gasteiger charge is -2.16. The van der Waals surface area contributed by atoms with Crippen LogP contribution < -0.4 is 0 Å². The van der Waals surface area contributed by atoms with Crippen LogP contribution in [0.15, 0.2) is 46.8 Å². The van der Waals surface area contributed by atoms with Crippen molar-refractivity contribution in [1.82, 2.24) is 4.90 Å². The number of fused-ring (bicyclic) bond motifs is 1. The standard InChI is InChI=1S/C14H10BrNOS/c1-9-12-4-2-3-5-13(12)14(17)16(9)7-11-6-10(15)8-18-11/h2-6,8H,1,7H2. The van der Waals surface area contributed by atoms with Crippen molar-refractivity contribution in [3.63, 3.8) is 0 Å². The molecule has 0 atom stereocenters. The van der Waals surface area contributed by atoms with Gasteiger partial charge < -0.3 is 4.90 Å². The van der Waals surface area contributed by atoms with Crippen LogP contribution in [0.25, 0.3) is 5.70 Å². The van der Waals surface area contributed by atoms with Crippen LogP contribution in [0.5, 0.6) is 0 Å². The number of rotatable bonds is 2. The summed E-state index contributed by atoms with van der Waals surface area (Å²) in [5.41, 5.74) is 2.48. The van der Waals surface area contributed by atoms with E-state index in [0.717, 1.165) is 26.2 Å². The molecule has 2 heterocycles. The molecule has 1 amide bonds. The molecule has 2 nitrogen and oxygen atoms in total. The fraction of sp³-hybridized carbons (Fsp3) is 0.0714. The summed E-state index contributed by atoms with van der Waals surface area (Å²) in [6.45, 7) is 4.61. The number of thiophene rings is 1. The second-order valence-corrected chi connectivity index (χ2v) is 6.03. The molecule has 2 aromatic rings. The molecule has 0 fully saturated rings. The third-order valence-corrected chi connectivity index (χ3v) is 4.66. The maximum Gasteiger partial charge on any atom is 0.259 e. The fourth-order valence-corrected chi connectivity index (χ4v) is 3.53. The SMILES string of the molecule is C=C1c2ccccc2C(=O)N1Cc1cc(Br)cs1. The zero-order chi connectivity index (χ0) is 12.7. The molecule has 90 valence electrons. The maximum atomic E-state index is 12.3. The van der Waals surface area contributed by atoms with Crippen molar-refractivity contribution in [2.75, 3.05) is 0 Å². The van der Waals surface area contributed by atoms with Crippen LogP contribution in [0.3, 0.4) is 0 Å². The lowest BCUT2D eigenvalue weighted by Crippen LogP contribution is -2.21. The smallest absolute Gasteiger partial charge is 0.259 e. The van der Waals surface area contributed by atoms with Crippen molar-refractivity contribution in [3.8, 4) is 0 Å². The Hall–Kier alpha value is -1.39. The molecule has 1 aromatic heterocycles. The summed E-state index contributed by atoms with van der Waals surface area (Å²) >= 11 is 5.06. The molecule has 0 unspecified atom stereocenters. The zero-order valence-corrected chi connectivity index (χ0v) is 11.9. The first-order valence-electron chi connectivity index (χ1n) is 5.50. The van der Waals surface area contributed by atoms with E-state index in [2.05, 4.69) is 22.5 Å². The third kappa shape index (κ3) is 1.82. The number of hydrogen-bond acceptors (Lipinski definition) is 2. The minimum Gasteiger partial charge on any atom is -0.303 e. The van der Waals surface area contributed by atoms with Crippen molar-refractivity contribution < 1.29 is 4.79 Å². The summed E-state index contributed by atoms with van der Waals surface area (Å²) in [6, 6.07) is 9.65. The van der Waals surface area contributed by atoms with Gasteiger partial charge in [-0.1, -0.05) is 24.8 Å². The van der Waals surface area contributed by atoms with E-state index in [-0.39, 0.29) is 5.91 Å². The predicted octanol–water partition coefficient (Wildman–Crippen LogP) is 4.14. The van der Waals surface area contributed by atoms with Gasteiger partial charge in [-0.15, -0.1) is 11.3 Å². The minimum atomic E-state index is 0.0418. The highest BCUT2D eigenvalue weighted by Gasteiger charge is 2.30. The van der Waals surface area contributed by atoms with Gasteiger partial charge in [-0.3, -0.25) is 4.79 Å². The first-order chi connectivity index (χ1) is 8.66. The number of hydrogen-bond donors (Lipinski definition) is 0. The Balaban J connectivity index is 1.92. The van der Waals surface area contributed by atoms with Crippen LogP contribution in [0.4, 0.5) is 0 Å². The van der Waals surface area contributed by atoms with Gasteiger partial charge >= 0.3 is 0 Å². The first-order valence-corrected chi connectivity index (χ1v) is 7.17. The van der Waals surface area contributed by atoms with Crippen molar-refractivity contribution >= 4 is 38.9 Å². The molecule has 3 rings (SSSR count). The van der Waals surface area contributed by atoms with Crippen molar-refractivity contribution in [2.45, 2.75) is 6.54 Å². The van der Waals surface area contributed by atoms with Crippen molar-refractivity contribution in [3.05, 3.63) is 62.8 Å². The maximum absolute atomic E-state index is 12.3. The molecule has 1 aliphatic heterocycles. The highest BCUT2D eigenvalue weighted by molar-refractivity contribution is 9.10. The lowest BCUT2D eigenvalue weighted by molar-refractivity contribution is 0.0844. The third-order valence-electron chi connectivity index (χ3n) is 2.98. The van der Waals surface area contributed by atoms with Gasteiger partial charge in [-0.25, -0.2) is 0 Å². The van der Waals surface area contributed by atoms with Gasteiger partial charge in [0.15, 0.2) is 0 Å². The van der Waals surface area contributed by atoms with Gasteiger partial charge in [-0.05, 0) is 28.1 Å². The normalized spacial score (nSPS) is 14.2. The number of nitrogens with zero attached hydrogens (tertiary/aromatic N) is 1. The summed E-state index contributed by atoms with van der Waals surface area (Å²) in [4.78, 5) is 15.2. The van der Waals surface area contributed by atoms with Crippen LogP contribution in [-0.4, -0.2) is 10.8 Å². The van der Waals surface area contributed by atoms with E-state index < -0.39 is 0 Å². The van der Waals surface area contributed by atoms with E-state index in [0.29, 0.717) is 6.54 Å². The molecule has 4 heteroatoms. The van der Waals surface area contributed by atoms with Crippen LogP contribution in [0.1, 0.15) is 20.8 Å². The molecular formula is C14H10BrNOS. The number of benzene rings is 1. The molecule has 0 aliphatic carbocycles. The number of halogens is 1. The monoisotopic (exact) mass is 319 g/mol. The minimum absolute atomic E-state index is 0.0418. The molecular weight excluding hydrogens is 310 g/mol. The van der Waals surface area contributed by atoms with Gasteiger partial charge in [0, 0.05) is 31.6 Å². The zero-order valence-electron chi connectivity index (χ0n) is 9.52. The van der Waals surface area contributed by atoms with Crippen molar-refractivity contribution in [1.29, 1.82) is 0 Å². The number of carbonyl (C=O) groups excluding carboxylic acids is 1. The average Bonchev–Trinajstić information content (AvgIpc) is 2.88. The number of amides is 1. The fourth-order valence-electron chi connectivity index (χ4n) is 2.09. The topological polar surface area (TPSA) is 20.3 Å². The second-order valence-electron chi connectivity index (χ2n) is 4.11. The molecule has 0 spiro atoms. The van der Waals surface area contributed by atoms with Crippen LogP contribution in [-0.2, 0) is 6.54 Å². The van der Waals surface area contributed by atoms with E-state index in [1.165, 1.54) is 0 Å². The Labute approximate surface area is 118 Å². The van der Waals surface area contributed by atoms with Gasteiger partial charge in [0.05, 0.1) is 6.54 Å². The number of carbonyl (C=O) groups is 1. The van der Waals surface area contributed by atoms with Gasteiger partial charge in [-0.2, -0.15) is 0 Å². The molecule has 1 aliphatic rings. The molecule has 0 radical (unpaired) electrons. The Kier molecular flexibility index (Phi) is 2.84. The summed E-state index contributed by atoms with van der Waals surface area (Å²) in [7, 11) is 0. The average molecular weight is 320 g/mol. The molecule has 18 heavy (non-hydrogen) atoms. The first kappa shape index (κ1) is 11.7. The summed E-state index contributed by atoms with van der Waals surface area (Å²) in [5, 5.41) is 2.02. The summed E-state index contributed by atoms with van der Waals surface area (Å²) in [5.74, 6) is 0.0418. The Morgan fingerprint density at radius 2 is 2.00 bits per heavy atom. The summed E-state index contributed by atoms with van der Waals surface area (Å²) < 4.78 is 1.05. The van der Waals surface area contributed by atoms with Crippen LogP contribution in [0, 0.1) is 0 Å². The largest absolute Gasteiger partial charge is 0.303 e. The van der Waals surface area contributed by atoms with E-state index in [1.54, 1.807) is 16.2 Å². The van der Waals surface area contributed by atoms with Gasteiger partial charge in [0.25, 0.3) is 5.91 Å². The van der Waals surface area contributed by atoms with E-state index in [9.17, 15) is 4.79 Å². The molecule has 1 aromatic carbocycles. The Morgan fingerprint density at radius 1 is 1.28 bits per heavy atom. The second kappa shape index (κ2) is 4.37. The predicted molar refractivity (Wildman–Crippen MR) is 77.4 cm³/mol. The Bertz CT molecular complexity index is 612.